The summed E-state index contributed by atoms with van der Waals surface area (Å²) in [5.41, 5.74) is 3.95. The van der Waals surface area contributed by atoms with E-state index in [1.165, 1.54) is 17.0 Å². The molecule has 1 aromatic heterocycles. The molecule has 0 atom stereocenters. The second kappa shape index (κ2) is 7.87. The molecular weight excluding hydrogens is 416 g/mol. The second-order valence-corrected chi connectivity index (χ2v) is 7.93. The Morgan fingerprint density at radius 3 is 2.39 bits per heavy atom. The molecule has 0 fully saturated rings. The molecular formula is C26H20N4O3. The van der Waals surface area contributed by atoms with Crippen LogP contribution in [0.5, 0.6) is 0 Å². The molecule has 4 aromatic rings. The van der Waals surface area contributed by atoms with Gasteiger partial charge in [0, 0.05) is 17.8 Å². The Hall–Kier alpha value is -4.52. The summed E-state index contributed by atoms with van der Waals surface area (Å²) in [6.45, 7) is 3.76. The average molecular weight is 436 g/mol. The van der Waals surface area contributed by atoms with E-state index in [2.05, 4.69) is 10.4 Å². The van der Waals surface area contributed by atoms with Crippen molar-refractivity contribution in [1.82, 2.24) is 9.78 Å². The smallest absolute Gasteiger partial charge is 0.266 e. The van der Waals surface area contributed by atoms with Crippen LogP contribution in [0.2, 0.25) is 0 Å². The fourth-order valence-corrected chi connectivity index (χ4v) is 3.86. The van der Waals surface area contributed by atoms with Gasteiger partial charge in [-0.3, -0.25) is 14.4 Å². The van der Waals surface area contributed by atoms with Crippen LogP contribution >= 0.6 is 0 Å². The summed E-state index contributed by atoms with van der Waals surface area (Å²) in [4.78, 5) is 40.1. The molecule has 0 saturated carbocycles. The number of amides is 3. The quantitative estimate of drug-likeness (QED) is 0.476. The maximum atomic E-state index is 13.1. The van der Waals surface area contributed by atoms with Gasteiger partial charge in [0.1, 0.15) is 0 Å². The van der Waals surface area contributed by atoms with Crippen LogP contribution < -0.4 is 10.2 Å². The minimum atomic E-state index is -0.438. The molecule has 162 valence electrons. The third-order valence-corrected chi connectivity index (χ3v) is 5.61. The van der Waals surface area contributed by atoms with E-state index in [0.717, 1.165) is 16.8 Å². The average Bonchev–Trinajstić information content (AvgIpc) is 3.38. The Kier molecular flexibility index (Phi) is 4.86. The van der Waals surface area contributed by atoms with Gasteiger partial charge >= 0.3 is 0 Å². The van der Waals surface area contributed by atoms with Crippen molar-refractivity contribution in [3.05, 3.63) is 107 Å². The van der Waals surface area contributed by atoms with E-state index in [9.17, 15) is 14.4 Å². The minimum absolute atomic E-state index is 0.211. The number of benzene rings is 3. The van der Waals surface area contributed by atoms with Gasteiger partial charge in [0.2, 0.25) is 0 Å². The van der Waals surface area contributed by atoms with Crippen molar-refractivity contribution >= 4 is 29.2 Å². The Bertz CT molecular complexity index is 1420. The number of nitrogens with one attached hydrogen (secondary N) is 1. The van der Waals surface area contributed by atoms with Crippen LogP contribution in [-0.4, -0.2) is 27.5 Å². The van der Waals surface area contributed by atoms with Gasteiger partial charge in [0.25, 0.3) is 17.7 Å². The molecule has 1 N–H and O–H groups in total. The fraction of sp³-hybridized carbons (Fsp3) is 0.0769. The van der Waals surface area contributed by atoms with Gasteiger partial charge in [-0.05, 0) is 61.4 Å². The molecule has 5 rings (SSSR count). The van der Waals surface area contributed by atoms with E-state index in [0.29, 0.717) is 11.5 Å². The van der Waals surface area contributed by atoms with E-state index in [1.54, 1.807) is 23.0 Å². The number of imide groups is 1. The topological polar surface area (TPSA) is 84.3 Å². The SMILES string of the molecule is Cc1ccc(C)c(N2C(=O)c3ccc(C(=O)Nc4ccn(-c5ccccc5)n4)cc3C2=O)c1. The standard InChI is InChI=1S/C26H20N4O3/c1-16-8-9-17(2)22(14-16)30-25(32)20-11-10-18(15-21(20)26(30)33)24(31)27-23-12-13-29(28-23)19-6-4-3-5-7-19/h3-15H,1-2H3,(H,27,28,31). The van der Waals surface area contributed by atoms with Gasteiger partial charge in [0.05, 0.1) is 22.5 Å². The molecule has 7 heteroatoms. The molecule has 0 unspecified atom stereocenters. The fourth-order valence-electron chi connectivity index (χ4n) is 3.86. The minimum Gasteiger partial charge on any atom is -0.305 e. The third-order valence-electron chi connectivity index (χ3n) is 5.61. The molecule has 1 aliphatic rings. The molecule has 0 bridgehead atoms. The highest BCUT2D eigenvalue weighted by atomic mass is 16.2. The Labute approximate surface area is 190 Å². The molecule has 7 nitrogen and oxygen atoms in total. The summed E-state index contributed by atoms with van der Waals surface area (Å²) in [7, 11) is 0. The first-order chi connectivity index (χ1) is 15.9. The Morgan fingerprint density at radius 2 is 1.61 bits per heavy atom. The van der Waals surface area contributed by atoms with Crippen LogP contribution in [0.15, 0.2) is 79.0 Å². The lowest BCUT2D eigenvalue weighted by atomic mass is 10.1. The number of rotatable bonds is 4. The lowest BCUT2D eigenvalue weighted by Gasteiger charge is -2.17. The van der Waals surface area contributed by atoms with Crippen LogP contribution in [0.25, 0.3) is 5.69 Å². The van der Waals surface area contributed by atoms with Crippen LogP contribution in [0.1, 0.15) is 42.2 Å². The molecule has 0 spiro atoms. The number of fused-ring (bicyclic) bond motifs is 1. The van der Waals surface area contributed by atoms with E-state index in [1.807, 2.05) is 62.4 Å². The van der Waals surface area contributed by atoms with Crippen LogP contribution in [0.4, 0.5) is 11.5 Å². The van der Waals surface area contributed by atoms with E-state index in [-0.39, 0.29) is 16.7 Å². The zero-order valence-electron chi connectivity index (χ0n) is 18.1. The first kappa shape index (κ1) is 20.4. The molecule has 1 aliphatic heterocycles. The first-order valence-electron chi connectivity index (χ1n) is 10.4. The highest BCUT2D eigenvalue weighted by molar-refractivity contribution is 6.35. The summed E-state index contributed by atoms with van der Waals surface area (Å²) in [6, 6.07) is 21.4. The molecule has 0 saturated heterocycles. The van der Waals surface area contributed by atoms with Crippen molar-refractivity contribution in [2.24, 2.45) is 0 Å². The molecule has 3 aromatic carbocycles. The summed E-state index contributed by atoms with van der Waals surface area (Å²) in [5.74, 6) is -0.866. The summed E-state index contributed by atoms with van der Waals surface area (Å²) < 4.78 is 1.66. The van der Waals surface area contributed by atoms with Gasteiger partial charge in [-0.15, -0.1) is 0 Å². The number of hydrogen-bond donors (Lipinski definition) is 1. The molecule has 0 aliphatic carbocycles. The highest BCUT2D eigenvalue weighted by Crippen LogP contribution is 2.32. The number of nitrogens with zero attached hydrogens (tertiary/aromatic N) is 3. The summed E-state index contributed by atoms with van der Waals surface area (Å²) in [5, 5.41) is 7.11. The number of para-hydroxylation sites is 1. The molecule has 3 amide bonds. The number of anilines is 2. The Balaban J connectivity index is 1.40. The van der Waals surface area contributed by atoms with Gasteiger partial charge in [-0.25, -0.2) is 9.58 Å². The predicted octanol–water partition coefficient (Wildman–Crippen LogP) is 4.54. The van der Waals surface area contributed by atoms with E-state index in [4.69, 9.17) is 0 Å². The summed E-state index contributed by atoms with van der Waals surface area (Å²) >= 11 is 0. The van der Waals surface area contributed by atoms with Crippen molar-refractivity contribution < 1.29 is 14.4 Å². The zero-order chi connectivity index (χ0) is 23.1. The molecule has 2 heterocycles. The highest BCUT2D eigenvalue weighted by Gasteiger charge is 2.37. The van der Waals surface area contributed by atoms with Crippen molar-refractivity contribution in [3.8, 4) is 5.69 Å². The number of carbonyl (C=O) groups is 3. The third kappa shape index (κ3) is 3.59. The second-order valence-electron chi connectivity index (χ2n) is 7.93. The number of hydrogen-bond acceptors (Lipinski definition) is 4. The van der Waals surface area contributed by atoms with Crippen LogP contribution in [-0.2, 0) is 0 Å². The van der Waals surface area contributed by atoms with Crippen molar-refractivity contribution in [2.45, 2.75) is 13.8 Å². The summed E-state index contributed by atoms with van der Waals surface area (Å²) in [6.07, 6.45) is 1.75. The van der Waals surface area contributed by atoms with E-state index >= 15 is 0 Å². The maximum Gasteiger partial charge on any atom is 0.266 e. The first-order valence-corrected chi connectivity index (χ1v) is 10.4. The van der Waals surface area contributed by atoms with Crippen LogP contribution in [0, 0.1) is 13.8 Å². The normalized spacial score (nSPS) is 12.7. The molecule has 0 radical (unpaired) electrons. The maximum absolute atomic E-state index is 13.1. The van der Waals surface area contributed by atoms with Crippen LogP contribution in [0.3, 0.4) is 0 Å². The Morgan fingerprint density at radius 1 is 0.848 bits per heavy atom. The monoisotopic (exact) mass is 436 g/mol. The lowest BCUT2D eigenvalue weighted by molar-refractivity contribution is 0.0925. The van der Waals surface area contributed by atoms with Gasteiger partial charge in [-0.2, -0.15) is 5.10 Å². The number of carbonyl (C=O) groups excluding carboxylic acids is 3. The lowest BCUT2D eigenvalue weighted by Crippen LogP contribution is -2.30. The van der Waals surface area contributed by atoms with Gasteiger partial charge in [0.15, 0.2) is 5.82 Å². The van der Waals surface area contributed by atoms with E-state index < -0.39 is 17.7 Å². The van der Waals surface area contributed by atoms with Crippen molar-refractivity contribution in [2.75, 3.05) is 10.2 Å². The number of aryl methyl sites for hydroxylation is 2. The van der Waals surface area contributed by atoms with Crippen molar-refractivity contribution in [3.63, 3.8) is 0 Å². The molecule has 33 heavy (non-hydrogen) atoms. The zero-order valence-corrected chi connectivity index (χ0v) is 18.1. The number of aromatic nitrogens is 2. The van der Waals surface area contributed by atoms with Crippen molar-refractivity contribution in [1.29, 1.82) is 0 Å². The predicted molar refractivity (Wildman–Crippen MR) is 125 cm³/mol. The van der Waals surface area contributed by atoms with Gasteiger partial charge in [-0.1, -0.05) is 30.3 Å². The largest absolute Gasteiger partial charge is 0.305 e. The van der Waals surface area contributed by atoms with Gasteiger partial charge < -0.3 is 5.32 Å².